The summed E-state index contributed by atoms with van der Waals surface area (Å²) in [7, 11) is 0. The molecule has 2 aromatic rings. The number of nitrogens with zero attached hydrogens (tertiary/aromatic N) is 5. The van der Waals surface area contributed by atoms with Gasteiger partial charge in [-0.05, 0) is 49.7 Å². The van der Waals surface area contributed by atoms with E-state index in [1.807, 2.05) is 30.9 Å². The van der Waals surface area contributed by atoms with Crippen molar-refractivity contribution in [1.29, 1.82) is 0 Å². The molecular weight excluding hydrogens is 274 g/mol. The van der Waals surface area contributed by atoms with Crippen molar-refractivity contribution >= 4 is 5.95 Å². The summed E-state index contributed by atoms with van der Waals surface area (Å²) in [4.78, 5) is 17.8. The summed E-state index contributed by atoms with van der Waals surface area (Å²) in [6.45, 7) is 6.36. The Morgan fingerprint density at radius 2 is 1.95 bits per heavy atom. The number of likely N-dealkylation sites (N-methyl/N-ethyl adjacent to an activating group) is 1. The number of anilines is 1. The molecule has 1 aliphatic rings. The fourth-order valence-corrected chi connectivity index (χ4v) is 3.15. The van der Waals surface area contributed by atoms with Gasteiger partial charge in [0, 0.05) is 43.9 Å². The van der Waals surface area contributed by atoms with Crippen LogP contribution in [0.5, 0.6) is 0 Å². The second-order valence-corrected chi connectivity index (χ2v) is 5.71. The molecule has 0 spiro atoms. The van der Waals surface area contributed by atoms with Crippen LogP contribution in [0.2, 0.25) is 0 Å². The molecule has 116 valence electrons. The van der Waals surface area contributed by atoms with Gasteiger partial charge in [-0.2, -0.15) is 0 Å². The third-order valence-electron chi connectivity index (χ3n) is 4.29. The molecule has 0 N–H and O–H groups in total. The quantitative estimate of drug-likeness (QED) is 0.819. The summed E-state index contributed by atoms with van der Waals surface area (Å²) in [5.74, 6) is 0.808. The van der Waals surface area contributed by atoms with E-state index in [0.29, 0.717) is 6.04 Å². The number of pyridine rings is 1. The molecule has 0 bridgehead atoms. The van der Waals surface area contributed by atoms with Crippen molar-refractivity contribution in [2.45, 2.75) is 32.4 Å². The first-order valence-electron chi connectivity index (χ1n) is 8.01. The summed E-state index contributed by atoms with van der Waals surface area (Å²) in [5, 5.41) is 0. The van der Waals surface area contributed by atoms with Gasteiger partial charge in [-0.3, -0.25) is 9.88 Å². The standard InChI is InChI=1S/C17H23N5/c1-2-21-12-3-5-16(21)14-22(17-19-8-4-9-20-17)13-15-6-10-18-11-7-15/h4,6-11,16H,2-3,5,12-14H2,1H3. The van der Waals surface area contributed by atoms with Gasteiger partial charge in [-0.1, -0.05) is 6.92 Å². The number of rotatable bonds is 6. The first-order valence-corrected chi connectivity index (χ1v) is 8.01. The third-order valence-corrected chi connectivity index (χ3v) is 4.29. The minimum Gasteiger partial charge on any atom is -0.335 e. The number of aromatic nitrogens is 3. The smallest absolute Gasteiger partial charge is 0.225 e. The van der Waals surface area contributed by atoms with Crippen LogP contribution in [0.3, 0.4) is 0 Å². The molecule has 3 heterocycles. The van der Waals surface area contributed by atoms with E-state index >= 15 is 0 Å². The molecular formula is C17H23N5. The molecule has 1 aliphatic heterocycles. The van der Waals surface area contributed by atoms with Gasteiger partial charge in [-0.25, -0.2) is 9.97 Å². The lowest BCUT2D eigenvalue weighted by Gasteiger charge is -2.30. The number of hydrogen-bond donors (Lipinski definition) is 0. The predicted octanol–water partition coefficient (Wildman–Crippen LogP) is 2.36. The molecule has 3 rings (SSSR count). The average molecular weight is 297 g/mol. The summed E-state index contributed by atoms with van der Waals surface area (Å²) < 4.78 is 0. The van der Waals surface area contributed by atoms with E-state index < -0.39 is 0 Å². The van der Waals surface area contributed by atoms with Crippen LogP contribution < -0.4 is 4.90 Å². The maximum atomic E-state index is 4.45. The first kappa shape index (κ1) is 14.9. The van der Waals surface area contributed by atoms with Crippen molar-refractivity contribution in [2.24, 2.45) is 0 Å². The SMILES string of the molecule is CCN1CCCC1CN(Cc1ccncc1)c1ncccn1. The molecule has 1 atom stereocenters. The van der Waals surface area contributed by atoms with Crippen molar-refractivity contribution in [3.8, 4) is 0 Å². The zero-order chi connectivity index (χ0) is 15.2. The van der Waals surface area contributed by atoms with Crippen LogP contribution in [0.4, 0.5) is 5.95 Å². The van der Waals surface area contributed by atoms with Crippen molar-refractivity contribution in [3.63, 3.8) is 0 Å². The summed E-state index contributed by atoms with van der Waals surface area (Å²) in [6, 6.07) is 6.57. The van der Waals surface area contributed by atoms with E-state index in [9.17, 15) is 0 Å². The summed E-state index contributed by atoms with van der Waals surface area (Å²) in [6.07, 6.45) is 9.85. The highest BCUT2D eigenvalue weighted by Crippen LogP contribution is 2.20. The molecule has 5 heteroatoms. The minimum atomic E-state index is 0.593. The Hall–Kier alpha value is -2.01. The Morgan fingerprint density at radius 1 is 1.18 bits per heavy atom. The van der Waals surface area contributed by atoms with E-state index in [1.54, 1.807) is 0 Å². The predicted molar refractivity (Wildman–Crippen MR) is 87.6 cm³/mol. The van der Waals surface area contributed by atoms with E-state index in [-0.39, 0.29) is 0 Å². The van der Waals surface area contributed by atoms with Crippen LogP contribution >= 0.6 is 0 Å². The highest BCUT2D eigenvalue weighted by Gasteiger charge is 2.26. The van der Waals surface area contributed by atoms with Gasteiger partial charge >= 0.3 is 0 Å². The van der Waals surface area contributed by atoms with Gasteiger partial charge < -0.3 is 4.90 Å². The van der Waals surface area contributed by atoms with Crippen LogP contribution in [-0.4, -0.2) is 45.5 Å². The average Bonchev–Trinajstić information content (AvgIpc) is 3.03. The third kappa shape index (κ3) is 3.60. The normalized spacial score (nSPS) is 18.5. The van der Waals surface area contributed by atoms with E-state index in [0.717, 1.165) is 25.6 Å². The molecule has 0 amide bonds. The second kappa shape index (κ2) is 7.31. The maximum absolute atomic E-state index is 4.45. The molecule has 0 saturated carbocycles. The van der Waals surface area contributed by atoms with Crippen molar-refractivity contribution in [3.05, 3.63) is 48.5 Å². The largest absolute Gasteiger partial charge is 0.335 e. The lowest BCUT2D eigenvalue weighted by Crippen LogP contribution is -2.40. The van der Waals surface area contributed by atoms with Gasteiger partial charge in [0.05, 0.1) is 0 Å². The van der Waals surface area contributed by atoms with Crippen molar-refractivity contribution in [1.82, 2.24) is 19.9 Å². The van der Waals surface area contributed by atoms with E-state index in [4.69, 9.17) is 0 Å². The van der Waals surface area contributed by atoms with Gasteiger partial charge in [0.1, 0.15) is 0 Å². The maximum Gasteiger partial charge on any atom is 0.225 e. The van der Waals surface area contributed by atoms with Crippen molar-refractivity contribution < 1.29 is 0 Å². The molecule has 22 heavy (non-hydrogen) atoms. The Balaban J connectivity index is 1.77. The topological polar surface area (TPSA) is 45.2 Å². The number of hydrogen-bond acceptors (Lipinski definition) is 5. The van der Waals surface area contributed by atoms with Crippen LogP contribution in [-0.2, 0) is 6.54 Å². The molecule has 5 nitrogen and oxygen atoms in total. The molecule has 1 unspecified atom stereocenters. The van der Waals surface area contributed by atoms with Gasteiger partial charge in [-0.15, -0.1) is 0 Å². The molecule has 2 aromatic heterocycles. The van der Waals surface area contributed by atoms with Gasteiger partial charge in [0.2, 0.25) is 5.95 Å². The fourth-order valence-electron chi connectivity index (χ4n) is 3.15. The highest BCUT2D eigenvalue weighted by atomic mass is 15.3. The lowest BCUT2D eigenvalue weighted by atomic mass is 10.2. The van der Waals surface area contributed by atoms with Crippen LogP contribution in [0.15, 0.2) is 43.0 Å². The van der Waals surface area contributed by atoms with E-state index in [2.05, 4.69) is 43.8 Å². The second-order valence-electron chi connectivity index (χ2n) is 5.71. The van der Waals surface area contributed by atoms with E-state index in [1.165, 1.54) is 24.9 Å². The van der Waals surface area contributed by atoms with Crippen LogP contribution in [0, 0.1) is 0 Å². The first-order chi connectivity index (χ1) is 10.9. The number of likely N-dealkylation sites (tertiary alicyclic amines) is 1. The zero-order valence-corrected chi connectivity index (χ0v) is 13.1. The molecule has 0 radical (unpaired) electrons. The monoisotopic (exact) mass is 297 g/mol. The Labute approximate surface area is 132 Å². The Bertz CT molecular complexity index is 560. The summed E-state index contributed by atoms with van der Waals surface area (Å²) in [5.41, 5.74) is 1.24. The van der Waals surface area contributed by atoms with Crippen LogP contribution in [0.1, 0.15) is 25.3 Å². The molecule has 1 saturated heterocycles. The highest BCUT2D eigenvalue weighted by molar-refractivity contribution is 5.31. The van der Waals surface area contributed by atoms with Crippen molar-refractivity contribution in [2.75, 3.05) is 24.5 Å². The van der Waals surface area contributed by atoms with Gasteiger partial charge in [0.25, 0.3) is 0 Å². The van der Waals surface area contributed by atoms with Gasteiger partial charge in [0.15, 0.2) is 0 Å². The molecule has 1 fully saturated rings. The lowest BCUT2D eigenvalue weighted by molar-refractivity contribution is 0.268. The Kier molecular flexibility index (Phi) is 4.96. The summed E-state index contributed by atoms with van der Waals surface area (Å²) >= 11 is 0. The minimum absolute atomic E-state index is 0.593. The van der Waals surface area contributed by atoms with Crippen LogP contribution in [0.25, 0.3) is 0 Å². The zero-order valence-electron chi connectivity index (χ0n) is 13.1. The Morgan fingerprint density at radius 3 is 2.68 bits per heavy atom. The molecule has 0 aliphatic carbocycles. The fraction of sp³-hybridized carbons (Fsp3) is 0.471. The molecule has 0 aromatic carbocycles.